The van der Waals surface area contributed by atoms with E-state index in [0.717, 1.165) is 46.2 Å². The Morgan fingerprint density at radius 1 is 1.10 bits per heavy atom. The highest BCUT2D eigenvalue weighted by atomic mass is 35.5. The van der Waals surface area contributed by atoms with Crippen LogP contribution in [0.15, 0.2) is 71.9 Å². The number of ketones is 1. The quantitative estimate of drug-likeness (QED) is 0.240. The lowest BCUT2D eigenvalue weighted by Gasteiger charge is -2.10. The summed E-state index contributed by atoms with van der Waals surface area (Å²) in [6.45, 7) is 0. The normalized spacial score (nSPS) is 11.8. The van der Waals surface area contributed by atoms with Crippen molar-refractivity contribution in [3.05, 3.63) is 83.0 Å². The number of thioether (sulfide) groups is 1. The molecule has 0 amide bonds. The van der Waals surface area contributed by atoms with Gasteiger partial charge in [-0.1, -0.05) is 71.9 Å². The Hall–Kier alpha value is -2.77. The molecular weight excluding hydrogens is 445 g/mol. The number of carbonyl (C=O) groups excluding carboxylic acids is 1. The Balaban J connectivity index is 1.69. The zero-order valence-corrected chi connectivity index (χ0v) is 17.9. The fraction of sp³-hybridized carbons (Fsp3) is 0.130. The fourth-order valence-electron chi connectivity index (χ4n) is 3.50. The number of Topliss-reactive ketones (excluding diaryl/α,β-unsaturated/α-hetero) is 1. The summed E-state index contributed by atoms with van der Waals surface area (Å²) in [5, 5.41) is 0.874. The van der Waals surface area contributed by atoms with Crippen LogP contribution in [0.3, 0.4) is 0 Å². The fourth-order valence-corrected chi connectivity index (χ4v) is 4.57. The minimum absolute atomic E-state index is 0.00801. The molecule has 31 heavy (non-hydrogen) atoms. The third kappa shape index (κ3) is 4.20. The third-order valence-corrected chi connectivity index (χ3v) is 6.31. The van der Waals surface area contributed by atoms with Gasteiger partial charge in [0.15, 0.2) is 5.78 Å². The lowest BCUT2D eigenvalue weighted by Crippen LogP contribution is -2.07. The van der Waals surface area contributed by atoms with Gasteiger partial charge in [-0.3, -0.25) is 4.79 Å². The Kier molecular flexibility index (Phi) is 5.81. The number of hydrogen-bond acceptors (Lipinski definition) is 3. The van der Waals surface area contributed by atoms with Gasteiger partial charge in [0, 0.05) is 24.1 Å². The predicted molar refractivity (Wildman–Crippen MR) is 118 cm³/mol. The molecule has 8 heteroatoms. The number of carbonyl (C=O) groups is 1. The summed E-state index contributed by atoms with van der Waals surface area (Å²) in [6, 6.07) is 18.0. The average Bonchev–Trinajstić information content (AvgIpc) is 3.05. The summed E-state index contributed by atoms with van der Waals surface area (Å²) >= 11 is 7.01. The second-order valence-electron chi connectivity index (χ2n) is 6.89. The maximum Gasteiger partial charge on any atom is 0.417 e. The largest absolute Gasteiger partial charge is 0.417 e. The van der Waals surface area contributed by atoms with Crippen LogP contribution in [0.2, 0.25) is 5.02 Å². The first-order valence-corrected chi connectivity index (χ1v) is 10.7. The number of aromatic nitrogens is 2. The lowest BCUT2D eigenvalue weighted by atomic mass is 10.0. The lowest BCUT2D eigenvalue weighted by molar-refractivity contribution is -0.137. The molecule has 0 aliphatic heterocycles. The summed E-state index contributed by atoms with van der Waals surface area (Å²) in [5.41, 5.74) is 2.26. The highest BCUT2D eigenvalue weighted by Crippen LogP contribution is 2.36. The second kappa shape index (κ2) is 8.40. The SMILES string of the molecule is Cn1c(-c2ccccc2)c(C(=O)CSc2ncc(C(F)(F)F)cc2Cl)c2ccccc21. The van der Waals surface area contributed by atoms with Crippen molar-refractivity contribution in [1.29, 1.82) is 0 Å². The van der Waals surface area contributed by atoms with Crippen molar-refractivity contribution >= 4 is 40.0 Å². The molecule has 4 rings (SSSR count). The van der Waals surface area contributed by atoms with Crippen LogP contribution in [0.4, 0.5) is 13.2 Å². The summed E-state index contributed by atoms with van der Waals surface area (Å²) in [4.78, 5) is 17.1. The van der Waals surface area contributed by atoms with Gasteiger partial charge >= 0.3 is 6.18 Å². The van der Waals surface area contributed by atoms with E-state index >= 15 is 0 Å². The minimum atomic E-state index is -4.52. The molecule has 0 radical (unpaired) electrons. The van der Waals surface area contributed by atoms with Crippen LogP contribution in [0.5, 0.6) is 0 Å². The number of hydrogen-bond donors (Lipinski definition) is 0. The van der Waals surface area contributed by atoms with E-state index in [1.807, 2.05) is 66.2 Å². The van der Waals surface area contributed by atoms with Gasteiger partial charge < -0.3 is 4.57 Å². The van der Waals surface area contributed by atoms with Crippen LogP contribution in [0, 0.1) is 0 Å². The Labute approximate surface area is 185 Å². The van der Waals surface area contributed by atoms with Gasteiger partial charge in [0.2, 0.25) is 0 Å². The van der Waals surface area contributed by atoms with E-state index in [-0.39, 0.29) is 21.6 Å². The maximum atomic E-state index is 13.3. The first-order valence-electron chi connectivity index (χ1n) is 9.29. The standard InChI is InChI=1S/C23H16ClF3N2OS/c1-29-18-10-6-5-9-16(18)20(21(29)14-7-3-2-4-8-14)19(30)13-31-22-17(24)11-15(12-28-22)23(25,26)27/h2-12H,13H2,1H3. The summed E-state index contributed by atoms with van der Waals surface area (Å²) < 4.78 is 40.5. The predicted octanol–water partition coefficient (Wildman–Crippen LogP) is 6.89. The molecule has 2 aromatic heterocycles. The molecule has 2 aromatic carbocycles. The Morgan fingerprint density at radius 2 is 1.77 bits per heavy atom. The van der Waals surface area contributed by atoms with E-state index in [4.69, 9.17) is 11.6 Å². The summed E-state index contributed by atoms with van der Waals surface area (Å²) in [6.07, 6.45) is -3.80. The van der Waals surface area contributed by atoms with Crippen LogP contribution in [0.1, 0.15) is 15.9 Å². The molecule has 0 aliphatic carbocycles. The van der Waals surface area contributed by atoms with Crippen molar-refractivity contribution < 1.29 is 18.0 Å². The van der Waals surface area contributed by atoms with Crippen LogP contribution < -0.4 is 0 Å². The number of fused-ring (bicyclic) bond motifs is 1. The molecule has 0 unspecified atom stereocenters. The van der Waals surface area contributed by atoms with Crippen molar-refractivity contribution in [1.82, 2.24) is 9.55 Å². The molecule has 158 valence electrons. The van der Waals surface area contributed by atoms with Crippen LogP contribution in [0.25, 0.3) is 22.2 Å². The minimum Gasteiger partial charge on any atom is -0.343 e. The number of para-hydroxylation sites is 1. The van der Waals surface area contributed by atoms with Crippen molar-refractivity contribution in [2.75, 3.05) is 5.75 Å². The zero-order valence-electron chi connectivity index (χ0n) is 16.3. The van der Waals surface area contributed by atoms with Gasteiger partial charge in [-0.2, -0.15) is 13.2 Å². The van der Waals surface area contributed by atoms with Crippen molar-refractivity contribution in [3.63, 3.8) is 0 Å². The van der Waals surface area contributed by atoms with Gasteiger partial charge in [0.1, 0.15) is 5.03 Å². The smallest absolute Gasteiger partial charge is 0.343 e. The Morgan fingerprint density at radius 3 is 2.45 bits per heavy atom. The number of benzene rings is 2. The van der Waals surface area contributed by atoms with E-state index in [9.17, 15) is 18.0 Å². The second-order valence-corrected chi connectivity index (χ2v) is 8.26. The molecule has 0 N–H and O–H groups in total. The van der Waals surface area contributed by atoms with E-state index in [1.54, 1.807) is 0 Å². The molecule has 0 fully saturated rings. The van der Waals surface area contributed by atoms with Gasteiger partial charge in [0.05, 0.1) is 27.6 Å². The highest BCUT2D eigenvalue weighted by molar-refractivity contribution is 8.00. The van der Waals surface area contributed by atoms with Crippen molar-refractivity contribution in [2.45, 2.75) is 11.2 Å². The molecule has 0 saturated heterocycles. The van der Waals surface area contributed by atoms with Crippen molar-refractivity contribution in [3.8, 4) is 11.3 Å². The molecule has 3 nitrogen and oxygen atoms in total. The van der Waals surface area contributed by atoms with Gasteiger partial charge in [-0.05, 0) is 17.7 Å². The summed E-state index contributed by atoms with van der Waals surface area (Å²) in [7, 11) is 1.91. The van der Waals surface area contributed by atoms with Crippen molar-refractivity contribution in [2.24, 2.45) is 7.05 Å². The molecule has 0 aliphatic rings. The molecule has 4 aromatic rings. The first-order chi connectivity index (χ1) is 14.8. The number of pyridine rings is 1. The number of rotatable bonds is 5. The first kappa shape index (κ1) is 21.5. The van der Waals surface area contributed by atoms with E-state index in [0.29, 0.717) is 5.56 Å². The third-order valence-electron chi connectivity index (χ3n) is 4.91. The Bertz CT molecular complexity index is 1270. The van der Waals surface area contributed by atoms with E-state index in [1.165, 1.54) is 0 Å². The molecule has 0 atom stereocenters. The molecule has 0 spiro atoms. The van der Waals surface area contributed by atoms with E-state index in [2.05, 4.69) is 4.98 Å². The van der Waals surface area contributed by atoms with Crippen LogP contribution in [-0.2, 0) is 13.2 Å². The molecule has 0 saturated carbocycles. The van der Waals surface area contributed by atoms with E-state index < -0.39 is 11.7 Å². The number of alkyl halides is 3. The monoisotopic (exact) mass is 460 g/mol. The summed E-state index contributed by atoms with van der Waals surface area (Å²) in [5.74, 6) is -0.162. The molecular formula is C23H16ClF3N2OS. The molecule has 2 heterocycles. The maximum absolute atomic E-state index is 13.3. The van der Waals surface area contributed by atoms with Crippen LogP contribution >= 0.6 is 23.4 Å². The number of aryl methyl sites for hydroxylation is 1. The zero-order chi connectivity index (χ0) is 22.2. The number of nitrogens with zero attached hydrogens (tertiary/aromatic N) is 2. The highest BCUT2D eigenvalue weighted by Gasteiger charge is 2.31. The van der Waals surface area contributed by atoms with Gasteiger partial charge in [-0.25, -0.2) is 4.98 Å². The average molecular weight is 461 g/mol. The molecule has 0 bridgehead atoms. The van der Waals surface area contributed by atoms with Gasteiger partial charge in [-0.15, -0.1) is 0 Å². The number of halogens is 4. The van der Waals surface area contributed by atoms with Crippen LogP contribution in [-0.4, -0.2) is 21.1 Å². The topological polar surface area (TPSA) is 34.9 Å². The van der Waals surface area contributed by atoms with Gasteiger partial charge in [0.25, 0.3) is 0 Å².